The zero-order valence-corrected chi connectivity index (χ0v) is 22.5. The average molecular weight is 531 g/mol. The maximum Gasteiger partial charge on any atom is 0.247 e. The van der Waals surface area contributed by atoms with Gasteiger partial charge in [-0.3, -0.25) is 19.2 Å². The molecule has 2 heterocycles. The molecule has 0 radical (unpaired) electrons. The third-order valence-electron chi connectivity index (χ3n) is 6.73. The normalized spacial score (nSPS) is 14.6. The van der Waals surface area contributed by atoms with E-state index in [1.807, 2.05) is 55.5 Å². The highest BCUT2D eigenvalue weighted by Crippen LogP contribution is 2.30. The second-order valence-electron chi connectivity index (χ2n) is 9.67. The van der Waals surface area contributed by atoms with Gasteiger partial charge in [0.05, 0.1) is 6.54 Å². The van der Waals surface area contributed by atoms with Crippen molar-refractivity contribution in [2.24, 2.45) is 0 Å². The van der Waals surface area contributed by atoms with E-state index in [9.17, 15) is 19.2 Å². The summed E-state index contributed by atoms with van der Waals surface area (Å²) in [5.74, 6) is 0.730. The Morgan fingerprint density at radius 1 is 0.872 bits per heavy atom. The Kier molecular flexibility index (Phi) is 8.81. The van der Waals surface area contributed by atoms with Crippen LogP contribution in [0.1, 0.15) is 40.0 Å². The molecular formula is C30H34N4O5. The van der Waals surface area contributed by atoms with Gasteiger partial charge in [-0.2, -0.15) is 0 Å². The van der Waals surface area contributed by atoms with Gasteiger partial charge in [-0.1, -0.05) is 6.92 Å². The van der Waals surface area contributed by atoms with Crippen LogP contribution in [0.5, 0.6) is 0 Å². The maximum atomic E-state index is 12.7. The van der Waals surface area contributed by atoms with Crippen LogP contribution < -0.4 is 10.6 Å². The molecule has 4 rings (SSSR count). The predicted molar refractivity (Wildman–Crippen MR) is 150 cm³/mol. The lowest BCUT2D eigenvalue weighted by Gasteiger charge is -2.22. The van der Waals surface area contributed by atoms with E-state index in [2.05, 4.69) is 10.6 Å². The lowest BCUT2D eigenvalue weighted by molar-refractivity contribution is -0.134. The molecule has 2 aromatic carbocycles. The molecule has 0 unspecified atom stereocenters. The molecule has 2 N–H and O–H groups in total. The monoisotopic (exact) mass is 530 g/mol. The smallest absolute Gasteiger partial charge is 0.247 e. The van der Waals surface area contributed by atoms with Crippen LogP contribution in [0.25, 0.3) is 22.6 Å². The number of carbonyl (C=O) groups excluding carboxylic acids is 4. The SMILES string of the molecule is CCCN(CC(=O)Nc1ccc(-c2ccc(-c3ccc(NC(=O)[C@@H]4CCCN4C(C)=O)cc3)o2)cc1)C(C)=O. The van der Waals surface area contributed by atoms with Crippen molar-refractivity contribution in [2.45, 2.75) is 46.1 Å². The highest BCUT2D eigenvalue weighted by Gasteiger charge is 2.32. The van der Waals surface area contributed by atoms with E-state index in [1.54, 1.807) is 17.0 Å². The van der Waals surface area contributed by atoms with E-state index in [0.717, 1.165) is 24.0 Å². The largest absolute Gasteiger partial charge is 0.456 e. The zero-order valence-electron chi connectivity index (χ0n) is 22.5. The molecular weight excluding hydrogens is 496 g/mol. The summed E-state index contributed by atoms with van der Waals surface area (Å²) in [6.07, 6.45) is 2.28. The van der Waals surface area contributed by atoms with Crippen molar-refractivity contribution in [3.8, 4) is 22.6 Å². The predicted octanol–water partition coefficient (Wildman–Crippen LogP) is 4.76. The fraction of sp³-hybridized carbons (Fsp3) is 0.333. The molecule has 1 atom stereocenters. The van der Waals surface area contributed by atoms with E-state index in [4.69, 9.17) is 4.42 Å². The van der Waals surface area contributed by atoms with Gasteiger partial charge in [0.25, 0.3) is 0 Å². The first-order valence-corrected chi connectivity index (χ1v) is 13.2. The van der Waals surface area contributed by atoms with E-state index in [1.165, 1.54) is 18.7 Å². The first-order valence-electron chi connectivity index (χ1n) is 13.2. The molecule has 1 saturated heterocycles. The highest BCUT2D eigenvalue weighted by atomic mass is 16.3. The highest BCUT2D eigenvalue weighted by molar-refractivity contribution is 5.97. The van der Waals surface area contributed by atoms with Crippen molar-refractivity contribution in [1.29, 1.82) is 0 Å². The summed E-state index contributed by atoms with van der Waals surface area (Å²) in [6, 6.07) is 18.0. The van der Waals surface area contributed by atoms with Crippen LogP contribution >= 0.6 is 0 Å². The van der Waals surface area contributed by atoms with E-state index in [-0.39, 0.29) is 30.2 Å². The van der Waals surface area contributed by atoms with Crippen molar-refractivity contribution in [3.05, 3.63) is 60.7 Å². The van der Waals surface area contributed by atoms with Crippen molar-refractivity contribution in [2.75, 3.05) is 30.3 Å². The van der Waals surface area contributed by atoms with Crippen LogP contribution in [0.15, 0.2) is 65.1 Å². The number of amides is 4. The minimum absolute atomic E-state index is 0.0202. The third-order valence-corrected chi connectivity index (χ3v) is 6.73. The number of hydrogen-bond donors (Lipinski definition) is 2. The second-order valence-corrected chi connectivity index (χ2v) is 9.67. The summed E-state index contributed by atoms with van der Waals surface area (Å²) in [5, 5.41) is 5.73. The number of rotatable bonds is 9. The van der Waals surface area contributed by atoms with Gasteiger partial charge in [-0.05, 0) is 79.9 Å². The van der Waals surface area contributed by atoms with Gasteiger partial charge < -0.3 is 24.9 Å². The number of anilines is 2. The Morgan fingerprint density at radius 2 is 1.44 bits per heavy atom. The Bertz CT molecular complexity index is 1330. The number of carbonyl (C=O) groups is 4. The molecule has 9 nitrogen and oxygen atoms in total. The average Bonchev–Trinajstić information content (AvgIpc) is 3.60. The Hall–Kier alpha value is -4.40. The maximum absolute atomic E-state index is 12.7. The van der Waals surface area contributed by atoms with Gasteiger partial charge in [-0.25, -0.2) is 0 Å². The van der Waals surface area contributed by atoms with Crippen LogP contribution in [-0.4, -0.2) is 59.1 Å². The number of nitrogens with one attached hydrogen (secondary N) is 2. The summed E-state index contributed by atoms with van der Waals surface area (Å²) in [6.45, 7) is 6.09. The molecule has 0 aliphatic carbocycles. The van der Waals surface area contributed by atoms with Crippen LogP contribution in [-0.2, 0) is 19.2 Å². The molecule has 0 bridgehead atoms. The van der Waals surface area contributed by atoms with E-state index in [0.29, 0.717) is 42.4 Å². The van der Waals surface area contributed by atoms with E-state index < -0.39 is 6.04 Å². The van der Waals surface area contributed by atoms with E-state index >= 15 is 0 Å². The van der Waals surface area contributed by atoms with Gasteiger partial charge >= 0.3 is 0 Å². The fourth-order valence-electron chi connectivity index (χ4n) is 4.72. The molecule has 1 aliphatic heterocycles. The number of likely N-dealkylation sites (tertiary alicyclic amines) is 1. The standard InChI is InChI=1S/C30H34N4O5/c1-4-17-33(20(2)35)19-29(37)31-24-11-7-22(8-12-24)27-15-16-28(39-27)23-9-13-25(14-10-23)32-30(38)26-6-5-18-34(26)21(3)36/h7-16,26H,4-6,17-19H2,1-3H3,(H,31,37)(H,32,38)/t26-/m0/s1. The number of nitrogens with zero attached hydrogens (tertiary/aromatic N) is 2. The molecule has 0 spiro atoms. The summed E-state index contributed by atoms with van der Waals surface area (Å²) >= 11 is 0. The number of furan rings is 1. The van der Waals surface area contributed by atoms with Crippen LogP contribution in [0.4, 0.5) is 11.4 Å². The minimum Gasteiger partial charge on any atom is -0.456 e. The molecule has 3 aromatic rings. The molecule has 39 heavy (non-hydrogen) atoms. The van der Waals surface area contributed by atoms with Crippen molar-refractivity contribution in [1.82, 2.24) is 9.80 Å². The fourth-order valence-corrected chi connectivity index (χ4v) is 4.72. The first-order chi connectivity index (χ1) is 18.7. The molecule has 204 valence electrons. The summed E-state index contributed by atoms with van der Waals surface area (Å²) < 4.78 is 6.06. The minimum atomic E-state index is -0.425. The Morgan fingerprint density at radius 3 is 1.95 bits per heavy atom. The second kappa shape index (κ2) is 12.4. The van der Waals surface area contributed by atoms with Gasteiger partial charge in [0, 0.05) is 49.4 Å². The first kappa shape index (κ1) is 27.6. The Labute approximate surface area is 228 Å². The molecule has 1 fully saturated rings. The topological polar surface area (TPSA) is 112 Å². The molecule has 1 aromatic heterocycles. The van der Waals surface area contributed by atoms with Gasteiger partial charge in [0.1, 0.15) is 17.6 Å². The van der Waals surface area contributed by atoms with Crippen molar-refractivity contribution >= 4 is 35.0 Å². The zero-order chi connectivity index (χ0) is 27.9. The lowest BCUT2D eigenvalue weighted by atomic mass is 10.1. The summed E-state index contributed by atoms with van der Waals surface area (Å²) in [5.41, 5.74) is 3.00. The summed E-state index contributed by atoms with van der Waals surface area (Å²) in [4.78, 5) is 51.6. The van der Waals surface area contributed by atoms with Crippen LogP contribution in [0, 0.1) is 0 Å². The van der Waals surface area contributed by atoms with Crippen LogP contribution in [0.2, 0.25) is 0 Å². The quantitative estimate of drug-likeness (QED) is 0.414. The van der Waals surface area contributed by atoms with Crippen molar-refractivity contribution < 1.29 is 23.6 Å². The van der Waals surface area contributed by atoms with Gasteiger partial charge in [0.2, 0.25) is 23.6 Å². The summed E-state index contributed by atoms with van der Waals surface area (Å²) in [7, 11) is 0. The van der Waals surface area contributed by atoms with Crippen molar-refractivity contribution in [3.63, 3.8) is 0 Å². The van der Waals surface area contributed by atoms with Gasteiger partial charge in [-0.15, -0.1) is 0 Å². The van der Waals surface area contributed by atoms with Crippen LogP contribution in [0.3, 0.4) is 0 Å². The number of benzene rings is 2. The molecule has 1 aliphatic rings. The number of hydrogen-bond acceptors (Lipinski definition) is 5. The Balaban J connectivity index is 1.35. The molecule has 4 amide bonds. The van der Waals surface area contributed by atoms with Gasteiger partial charge in [0.15, 0.2) is 0 Å². The molecule has 0 saturated carbocycles. The molecule has 9 heteroatoms. The lowest BCUT2D eigenvalue weighted by Crippen LogP contribution is -2.42. The third kappa shape index (κ3) is 6.93.